The lowest BCUT2D eigenvalue weighted by molar-refractivity contribution is -0.159. The fourth-order valence-electron chi connectivity index (χ4n) is 2.70. The highest BCUT2D eigenvalue weighted by atomic mass is 19.4. The summed E-state index contributed by atoms with van der Waals surface area (Å²) >= 11 is 0. The third-order valence-corrected chi connectivity index (χ3v) is 4.00. The van der Waals surface area contributed by atoms with E-state index in [1.165, 1.54) is 0 Å². The van der Waals surface area contributed by atoms with Crippen LogP contribution in [0.1, 0.15) is 24.8 Å². The largest absolute Gasteiger partial charge is 0.471 e. The normalized spacial score (nSPS) is 11.9. The van der Waals surface area contributed by atoms with Gasteiger partial charge >= 0.3 is 12.1 Å². The van der Waals surface area contributed by atoms with Crippen LogP contribution in [0.4, 0.5) is 13.2 Å². The van der Waals surface area contributed by atoms with E-state index in [0.29, 0.717) is 25.1 Å². The van der Waals surface area contributed by atoms with Crippen molar-refractivity contribution in [1.82, 2.24) is 20.0 Å². The Hall–Kier alpha value is -2.84. The summed E-state index contributed by atoms with van der Waals surface area (Å²) < 4.78 is 44.1. The van der Waals surface area contributed by atoms with Crippen molar-refractivity contribution >= 4 is 16.8 Å². The molecule has 3 aromatic rings. The van der Waals surface area contributed by atoms with Gasteiger partial charge in [0.05, 0.1) is 0 Å². The quantitative estimate of drug-likeness (QED) is 0.750. The molecule has 0 aliphatic carbocycles. The molecule has 0 aliphatic heterocycles. The number of nitrogens with zero attached hydrogens (tertiary/aromatic N) is 3. The van der Waals surface area contributed by atoms with Gasteiger partial charge in [0, 0.05) is 42.2 Å². The molecule has 3 rings (SSSR count). The average molecular weight is 366 g/mol. The Labute approximate surface area is 147 Å². The molecule has 1 N–H and O–H groups in total. The lowest BCUT2D eigenvalue weighted by atomic mass is 10.1. The Bertz CT molecular complexity index is 943. The van der Waals surface area contributed by atoms with Crippen molar-refractivity contribution in [2.75, 3.05) is 6.54 Å². The summed E-state index contributed by atoms with van der Waals surface area (Å²) in [7, 11) is 0. The van der Waals surface area contributed by atoms with E-state index in [9.17, 15) is 18.0 Å². The number of benzene rings is 1. The molecular formula is C17H17F3N4O2. The maximum absolute atomic E-state index is 12.6. The van der Waals surface area contributed by atoms with Gasteiger partial charge in [-0.25, -0.2) is 0 Å². The van der Waals surface area contributed by atoms with Crippen LogP contribution >= 0.6 is 0 Å². The number of aryl methyl sites for hydroxylation is 1. The maximum atomic E-state index is 12.6. The van der Waals surface area contributed by atoms with Crippen LogP contribution in [0.2, 0.25) is 0 Å². The number of amides is 1. The van der Waals surface area contributed by atoms with Gasteiger partial charge in [0.2, 0.25) is 11.7 Å². The van der Waals surface area contributed by atoms with E-state index in [1.807, 2.05) is 17.7 Å². The predicted octanol–water partition coefficient (Wildman–Crippen LogP) is 3.54. The summed E-state index contributed by atoms with van der Waals surface area (Å²) in [4.78, 5) is 14.7. The van der Waals surface area contributed by atoms with Crippen LogP contribution in [0, 0.1) is 6.92 Å². The van der Waals surface area contributed by atoms with E-state index in [2.05, 4.69) is 20.0 Å². The Morgan fingerprint density at radius 3 is 2.77 bits per heavy atom. The van der Waals surface area contributed by atoms with Crippen molar-refractivity contribution in [3.8, 4) is 11.4 Å². The highest BCUT2D eigenvalue weighted by molar-refractivity contribution is 5.87. The molecule has 138 valence electrons. The molecule has 0 unspecified atom stereocenters. The first-order chi connectivity index (χ1) is 12.3. The second-order valence-electron chi connectivity index (χ2n) is 5.86. The van der Waals surface area contributed by atoms with Gasteiger partial charge in [-0.3, -0.25) is 4.79 Å². The summed E-state index contributed by atoms with van der Waals surface area (Å²) in [6.07, 6.45) is -2.30. The summed E-state index contributed by atoms with van der Waals surface area (Å²) in [5, 5.41) is 7.10. The van der Waals surface area contributed by atoms with Gasteiger partial charge in [-0.05, 0) is 30.7 Å². The molecular weight excluding hydrogens is 349 g/mol. The van der Waals surface area contributed by atoms with E-state index < -0.39 is 12.1 Å². The van der Waals surface area contributed by atoms with Crippen LogP contribution in [-0.2, 0) is 17.5 Å². The molecule has 1 amide bonds. The summed E-state index contributed by atoms with van der Waals surface area (Å²) in [6.45, 7) is 4.78. The van der Waals surface area contributed by atoms with Crippen molar-refractivity contribution in [3.63, 3.8) is 0 Å². The molecule has 0 atom stereocenters. The average Bonchev–Trinajstić information content (AvgIpc) is 3.20. The SMILES string of the molecule is CCC(=O)NCCn1cc(C)c2cc(-c3noc(C(F)(F)F)n3)ccc21. The number of nitrogens with one attached hydrogen (secondary N) is 1. The summed E-state index contributed by atoms with van der Waals surface area (Å²) in [5.41, 5.74) is 2.32. The third kappa shape index (κ3) is 3.56. The molecule has 0 spiro atoms. The zero-order chi connectivity index (χ0) is 18.9. The van der Waals surface area contributed by atoms with Gasteiger partial charge in [-0.15, -0.1) is 0 Å². The summed E-state index contributed by atoms with van der Waals surface area (Å²) in [6, 6.07) is 5.17. The van der Waals surface area contributed by atoms with Crippen LogP contribution in [0.25, 0.3) is 22.3 Å². The Kier molecular flexibility index (Phi) is 4.71. The second-order valence-corrected chi connectivity index (χ2v) is 5.86. The van der Waals surface area contributed by atoms with E-state index >= 15 is 0 Å². The van der Waals surface area contributed by atoms with Crippen LogP contribution in [0.3, 0.4) is 0 Å². The number of fused-ring (bicyclic) bond motifs is 1. The van der Waals surface area contributed by atoms with Gasteiger partial charge in [0.1, 0.15) is 0 Å². The number of hydrogen-bond donors (Lipinski definition) is 1. The molecule has 0 bridgehead atoms. The van der Waals surface area contributed by atoms with E-state index in [4.69, 9.17) is 0 Å². The van der Waals surface area contributed by atoms with Crippen molar-refractivity contribution in [1.29, 1.82) is 0 Å². The molecule has 0 radical (unpaired) electrons. The number of carbonyl (C=O) groups excluding carboxylic acids is 1. The molecule has 1 aromatic carbocycles. The molecule has 9 heteroatoms. The fraction of sp³-hybridized carbons (Fsp3) is 0.353. The van der Waals surface area contributed by atoms with E-state index in [0.717, 1.165) is 16.5 Å². The standard InChI is InChI=1S/C17H17F3N4O2/c1-3-14(25)21-6-7-24-9-10(2)12-8-11(4-5-13(12)24)15-22-16(26-23-15)17(18,19)20/h4-5,8-9H,3,6-7H2,1-2H3,(H,21,25). The molecule has 0 aliphatic rings. The number of hydrogen-bond acceptors (Lipinski definition) is 4. The highest BCUT2D eigenvalue weighted by Gasteiger charge is 2.38. The van der Waals surface area contributed by atoms with Gasteiger partial charge < -0.3 is 14.4 Å². The molecule has 0 saturated heterocycles. The van der Waals surface area contributed by atoms with Gasteiger partial charge in [-0.1, -0.05) is 12.1 Å². The number of halogens is 3. The smallest absolute Gasteiger partial charge is 0.354 e. The first-order valence-corrected chi connectivity index (χ1v) is 8.07. The number of alkyl halides is 3. The van der Waals surface area contributed by atoms with E-state index in [-0.39, 0.29) is 11.7 Å². The van der Waals surface area contributed by atoms with Gasteiger partial charge in [0.25, 0.3) is 0 Å². The molecule has 2 aromatic heterocycles. The molecule has 0 fully saturated rings. The van der Waals surface area contributed by atoms with Crippen LogP contribution in [-0.4, -0.2) is 27.2 Å². The minimum atomic E-state index is -4.67. The van der Waals surface area contributed by atoms with Crippen LogP contribution in [0.5, 0.6) is 0 Å². The predicted molar refractivity (Wildman–Crippen MR) is 88.3 cm³/mol. The minimum absolute atomic E-state index is 0.0157. The Balaban J connectivity index is 1.86. The minimum Gasteiger partial charge on any atom is -0.354 e. The Morgan fingerprint density at radius 1 is 1.35 bits per heavy atom. The van der Waals surface area contributed by atoms with Crippen LogP contribution < -0.4 is 5.32 Å². The molecule has 6 nitrogen and oxygen atoms in total. The zero-order valence-corrected chi connectivity index (χ0v) is 14.2. The molecule has 0 saturated carbocycles. The maximum Gasteiger partial charge on any atom is 0.471 e. The number of rotatable bonds is 5. The van der Waals surface area contributed by atoms with Gasteiger partial charge in [-0.2, -0.15) is 18.2 Å². The Morgan fingerprint density at radius 2 is 2.12 bits per heavy atom. The second kappa shape index (κ2) is 6.81. The van der Waals surface area contributed by atoms with E-state index in [1.54, 1.807) is 25.1 Å². The van der Waals surface area contributed by atoms with Crippen molar-refractivity contribution in [3.05, 3.63) is 35.9 Å². The highest BCUT2D eigenvalue weighted by Crippen LogP contribution is 2.31. The lowest BCUT2D eigenvalue weighted by Gasteiger charge is -2.07. The number of aromatic nitrogens is 3. The monoisotopic (exact) mass is 366 g/mol. The summed E-state index contributed by atoms with van der Waals surface area (Å²) in [5.74, 6) is -1.49. The van der Waals surface area contributed by atoms with Crippen molar-refractivity contribution in [2.24, 2.45) is 0 Å². The fourth-order valence-corrected chi connectivity index (χ4v) is 2.70. The molecule has 2 heterocycles. The van der Waals surface area contributed by atoms with Crippen molar-refractivity contribution < 1.29 is 22.5 Å². The number of carbonyl (C=O) groups is 1. The third-order valence-electron chi connectivity index (χ3n) is 4.00. The van der Waals surface area contributed by atoms with Gasteiger partial charge in [0.15, 0.2) is 0 Å². The van der Waals surface area contributed by atoms with Crippen LogP contribution in [0.15, 0.2) is 28.9 Å². The first kappa shape index (κ1) is 18.0. The topological polar surface area (TPSA) is 73.0 Å². The zero-order valence-electron chi connectivity index (χ0n) is 14.2. The first-order valence-electron chi connectivity index (χ1n) is 8.07. The lowest BCUT2D eigenvalue weighted by Crippen LogP contribution is -2.26. The van der Waals surface area contributed by atoms with Crippen molar-refractivity contribution in [2.45, 2.75) is 33.0 Å². The molecule has 26 heavy (non-hydrogen) atoms.